The zero-order valence-corrected chi connectivity index (χ0v) is 15.5. The lowest BCUT2D eigenvalue weighted by molar-refractivity contribution is -0.139. The van der Waals surface area contributed by atoms with E-state index in [1.807, 2.05) is 0 Å². The third kappa shape index (κ3) is 5.60. The molecule has 1 aromatic rings. The summed E-state index contributed by atoms with van der Waals surface area (Å²) in [4.78, 5) is 11.4. The molecule has 1 aromatic carbocycles. The molecule has 1 atom stereocenters. The number of benzene rings is 1. The average Bonchev–Trinajstić information content (AvgIpc) is 2.48. The summed E-state index contributed by atoms with van der Waals surface area (Å²) < 4.78 is 32.8. The molecule has 0 heterocycles. The first-order valence-corrected chi connectivity index (χ1v) is 9.94. The summed E-state index contributed by atoms with van der Waals surface area (Å²) in [6.45, 7) is 5.64. The fourth-order valence-electron chi connectivity index (χ4n) is 2.99. The van der Waals surface area contributed by atoms with Gasteiger partial charge in [0, 0.05) is 0 Å². The Kier molecular flexibility index (Phi) is 7.90. The minimum Gasteiger partial charge on any atom is -0.481 e. The van der Waals surface area contributed by atoms with Gasteiger partial charge in [-0.15, -0.1) is 0 Å². The molecule has 0 amide bonds. The van der Waals surface area contributed by atoms with Gasteiger partial charge in [-0.2, -0.15) is 8.42 Å². The van der Waals surface area contributed by atoms with Crippen molar-refractivity contribution in [1.82, 2.24) is 0 Å². The van der Waals surface area contributed by atoms with Crippen molar-refractivity contribution in [3.63, 3.8) is 0 Å². The normalized spacial score (nSPS) is 13.0. The number of aryl methyl sites for hydroxylation is 1. The van der Waals surface area contributed by atoms with Crippen molar-refractivity contribution in [3.05, 3.63) is 28.8 Å². The van der Waals surface area contributed by atoms with Crippen LogP contribution in [0.25, 0.3) is 0 Å². The summed E-state index contributed by atoms with van der Waals surface area (Å²) in [6.07, 6.45) is 6.53. The Morgan fingerprint density at radius 3 is 2.21 bits per heavy atom. The van der Waals surface area contributed by atoms with Crippen molar-refractivity contribution in [1.29, 1.82) is 0 Å². The molecule has 0 unspecified atom stereocenters. The summed E-state index contributed by atoms with van der Waals surface area (Å²) in [6, 6.07) is 2.88. The maximum absolute atomic E-state index is 11.7. The van der Waals surface area contributed by atoms with Gasteiger partial charge in [-0.1, -0.05) is 51.5 Å². The second-order valence-corrected chi connectivity index (χ2v) is 7.73. The summed E-state index contributed by atoms with van der Waals surface area (Å²) in [7, 11) is -4.46. The number of carboxylic acid groups (broad SMARTS) is 1. The molecule has 0 aromatic heterocycles. The zero-order chi connectivity index (χ0) is 18.3. The molecule has 0 saturated carbocycles. The summed E-state index contributed by atoms with van der Waals surface area (Å²) in [5.41, 5.74) is 1.65. The minimum absolute atomic E-state index is 0.221. The molecular weight excluding hydrogens is 328 g/mol. The number of aliphatic carboxylic acids is 1. The van der Waals surface area contributed by atoms with E-state index in [9.17, 15) is 22.9 Å². The fourth-order valence-corrected chi connectivity index (χ4v) is 3.80. The van der Waals surface area contributed by atoms with Crippen LogP contribution in [0, 0.1) is 13.8 Å². The van der Waals surface area contributed by atoms with Crippen molar-refractivity contribution < 1.29 is 22.9 Å². The van der Waals surface area contributed by atoms with Crippen LogP contribution in [0.2, 0.25) is 0 Å². The molecule has 5 nitrogen and oxygen atoms in total. The van der Waals surface area contributed by atoms with E-state index in [1.165, 1.54) is 12.5 Å². The van der Waals surface area contributed by atoms with Crippen LogP contribution >= 0.6 is 0 Å². The van der Waals surface area contributed by atoms with Crippen LogP contribution in [0.4, 0.5) is 0 Å². The largest absolute Gasteiger partial charge is 0.481 e. The average molecular weight is 356 g/mol. The van der Waals surface area contributed by atoms with Crippen molar-refractivity contribution in [2.75, 3.05) is 0 Å². The highest BCUT2D eigenvalue weighted by atomic mass is 32.2. The maximum Gasteiger partial charge on any atom is 0.311 e. The molecule has 0 saturated heterocycles. The number of carboxylic acids is 1. The van der Waals surface area contributed by atoms with E-state index in [-0.39, 0.29) is 10.5 Å². The van der Waals surface area contributed by atoms with Gasteiger partial charge >= 0.3 is 5.97 Å². The highest BCUT2D eigenvalue weighted by molar-refractivity contribution is 7.85. The summed E-state index contributed by atoms with van der Waals surface area (Å²) >= 11 is 0. The first-order chi connectivity index (χ1) is 11.2. The van der Waals surface area contributed by atoms with Gasteiger partial charge in [0.2, 0.25) is 0 Å². The quantitative estimate of drug-likeness (QED) is 0.477. The van der Waals surface area contributed by atoms with Crippen LogP contribution in [0.1, 0.15) is 74.5 Å². The van der Waals surface area contributed by atoms with Crippen LogP contribution in [0.15, 0.2) is 17.0 Å². The Morgan fingerprint density at radius 2 is 1.67 bits per heavy atom. The van der Waals surface area contributed by atoms with Gasteiger partial charge in [0.15, 0.2) is 0 Å². The first kappa shape index (κ1) is 20.6. The third-order valence-electron chi connectivity index (χ3n) is 4.52. The van der Waals surface area contributed by atoms with E-state index in [0.29, 0.717) is 12.0 Å². The minimum atomic E-state index is -4.46. The Hall–Kier alpha value is -1.40. The van der Waals surface area contributed by atoms with Crippen LogP contribution in [-0.2, 0) is 14.9 Å². The Morgan fingerprint density at radius 1 is 1.08 bits per heavy atom. The second-order valence-electron chi connectivity index (χ2n) is 6.34. The van der Waals surface area contributed by atoms with Crippen LogP contribution in [0.3, 0.4) is 0 Å². The molecule has 0 aliphatic rings. The first-order valence-electron chi connectivity index (χ1n) is 8.50. The molecule has 0 bridgehead atoms. The highest BCUT2D eigenvalue weighted by Gasteiger charge is 2.29. The van der Waals surface area contributed by atoms with E-state index in [2.05, 4.69) is 6.92 Å². The van der Waals surface area contributed by atoms with Gasteiger partial charge in [-0.25, -0.2) is 0 Å². The van der Waals surface area contributed by atoms with Crippen molar-refractivity contribution >= 4 is 16.1 Å². The Bertz CT molecular complexity index is 664. The van der Waals surface area contributed by atoms with Gasteiger partial charge < -0.3 is 5.11 Å². The van der Waals surface area contributed by atoms with Crippen molar-refractivity contribution in [3.8, 4) is 0 Å². The molecule has 0 spiro atoms. The topological polar surface area (TPSA) is 91.7 Å². The monoisotopic (exact) mass is 356 g/mol. The third-order valence-corrected chi connectivity index (χ3v) is 5.43. The smallest absolute Gasteiger partial charge is 0.311 e. The predicted octanol–water partition coefficient (Wildman–Crippen LogP) is 4.47. The molecule has 1 rings (SSSR count). The second kappa shape index (κ2) is 9.18. The van der Waals surface area contributed by atoms with E-state index in [4.69, 9.17) is 0 Å². The molecule has 0 radical (unpaired) electrons. The lowest BCUT2D eigenvalue weighted by Gasteiger charge is -2.19. The van der Waals surface area contributed by atoms with Gasteiger partial charge in [0.25, 0.3) is 10.1 Å². The fraction of sp³-hybridized carbons (Fsp3) is 0.611. The van der Waals surface area contributed by atoms with Crippen molar-refractivity contribution in [2.45, 2.75) is 76.5 Å². The number of hydrogen-bond donors (Lipinski definition) is 2. The molecule has 24 heavy (non-hydrogen) atoms. The molecular formula is C18H28O5S. The van der Waals surface area contributed by atoms with E-state index in [0.717, 1.165) is 37.7 Å². The molecule has 2 N–H and O–H groups in total. The van der Waals surface area contributed by atoms with Gasteiger partial charge in [-0.05, 0) is 43.0 Å². The molecule has 0 fully saturated rings. The zero-order valence-electron chi connectivity index (χ0n) is 14.7. The van der Waals surface area contributed by atoms with Crippen LogP contribution < -0.4 is 0 Å². The van der Waals surface area contributed by atoms with Crippen LogP contribution in [-0.4, -0.2) is 24.0 Å². The maximum atomic E-state index is 11.7. The molecule has 136 valence electrons. The van der Waals surface area contributed by atoms with Crippen LogP contribution in [0.5, 0.6) is 0 Å². The number of hydrogen-bond acceptors (Lipinski definition) is 3. The van der Waals surface area contributed by atoms with Crippen molar-refractivity contribution in [2.24, 2.45) is 0 Å². The van der Waals surface area contributed by atoms with E-state index >= 15 is 0 Å². The summed E-state index contributed by atoms with van der Waals surface area (Å²) in [5.74, 6) is -1.98. The standard InChI is InChI=1S/C18H28O5S/c1-4-5-6-7-8-9-10-15(18(19)20)17-14(3)13(2)11-12-16(17)24(21,22)23/h11-12,15H,4-10H2,1-3H3,(H,19,20)(H,21,22,23)/t15-/m1/s1. The van der Waals surface area contributed by atoms with E-state index in [1.54, 1.807) is 19.9 Å². The lowest BCUT2D eigenvalue weighted by Crippen LogP contribution is -2.17. The number of rotatable bonds is 10. The van der Waals surface area contributed by atoms with Gasteiger partial charge in [0.05, 0.1) is 10.8 Å². The molecule has 0 aliphatic heterocycles. The van der Waals surface area contributed by atoms with Gasteiger partial charge in [0.1, 0.15) is 0 Å². The predicted molar refractivity (Wildman–Crippen MR) is 94.1 cm³/mol. The number of carbonyl (C=O) groups is 1. The number of unbranched alkanes of at least 4 members (excludes halogenated alkanes) is 5. The Balaban J connectivity index is 3.04. The molecule has 0 aliphatic carbocycles. The SMILES string of the molecule is CCCCCCCC[C@@H](C(=O)O)c1c(S(=O)(=O)O)ccc(C)c1C. The molecule has 6 heteroatoms. The highest BCUT2D eigenvalue weighted by Crippen LogP contribution is 2.33. The lowest BCUT2D eigenvalue weighted by atomic mass is 9.88. The van der Waals surface area contributed by atoms with E-state index < -0.39 is 22.0 Å². The Labute approximate surface area is 144 Å². The summed E-state index contributed by atoms with van der Waals surface area (Å²) in [5, 5.41) is 9.60. The van der Waals surface area contributed by atoms with Gasteiger partial charge in [-0.3, -0.25) is 9.35 Å².